The molecule has 0 unspecified atom stereocenters. The van der Waals surface area contributed by atoms with E-state index in [0.29, 0.717) is 12.2 Å². The van der Waals surface area contributed by atoms with E-state index in [0.717, 1.165) is 22.3 Å². The zero-order chi connectivity index (χ0) is 12.4. The number of carbonyl (C=O) groups is 1. The predicted molar refractivity (Wildman–Crippen MR) is 67.6 cm³/mol. The van der Waals surface area contributed by atoms with Crippen LogP contribution in [-0.4, -0.2) is 24.5 Å². The van der Waals surface area contributed by atoms with Crippen molar-refractivity contribution in [2.75, 3.05) is 13.7 Å². The average Bonchev–Trinajstić information content (AvgIpc) is 2.64. The normalized spacial score (nSPS) is 10.5. The summed E-state index contributed by atoms with van der Waals surface area (Å²) < 4.78 is 5.45. The van der Waals surface area contributed by atoms with Crippen LogP contribution in [0.4, 0.5) is 0 Å². The smallest absolute Gasteiger partial charge is 0.253 e. The van der Waals surface area contributed by atoms with E-state index in [2.05, 4.69) is 10.3 Å². The lowest BCUT2D eigenvalue weighted by Crippen LogP contribution is -2.18. The van der Waals surface area contributed by atoms with Crippen molar-refractivity contribution >= 4 is 16.8 Å². The van der Waals surface area contributed by atoms with Gasteiger partial charge in [0.05, 0.1) is 12.2 Å². The summed E-state index contributed by atoms with van der Waals surface area (Å²) in [6, 6.07) is 5.72. The summed E-state index contributed by atoms with van der Waals surface area (Å²) in [5.41, 5.74) is 2.50. The van der Waals surface area contributed by atoms with Crippen LogP contribution in [0.1, 0.15) is 23.0 Å². The number of aromatic amines is 1. The monoisotopic (exact) mass is 232 g/mol. The highest BCUT2D eigenvalue weighted by molar-refractivity contribution is 6.08. The molecule has 2 aromatic rings. The first-order chi connectivity index (χ1) is 8.17. The van der Waals surface area contributed by atoms with Crippen LogP contribution >= 0.6 is 0 Å². The van der Waals surface area contributed by atoms with Crippen molar-refractivity contribution in [3.63, 3.8) is 0 Å². The number of benzene rings is 1. The predicted octanol–water partition coefficient (Wildman–Crippen LogP) is 2.23. The fraction of sp³-hybridized carbons (Fsp3) is 0.308. The lowest BCUT2D eigenvalue weighted by atomic mass is 10.1. The molecule has 17 heavy (non-hydrogen) atoms. The molecule has 0 saturated heterocycles. The van der Waals surface area contributed by atoms with Crippen LogP contribution in [0.2, 0.25) is 0 Å². The summed E-state index contributed by atoms with van der Waals surface area (Å²) >= 11 is 0. The quantitative estimate of drug-likeness (QED) is 0.852. The third-order valence-corrected chi connectivity index (χ3v) is 2.72. The van der Waals surface area contributed by atoms with Gasteiger partial charge in [0, 0.05) is 23.6 Å². The zero-order valence-corrected chi connectivity index (χ0v) is 10.3. The summed E-state index contributed by atoms with van der Waals surface area (Å²) in [6.07, 6.45) is 0. The van der Waals surface area contributed by atoms with Gasteiger partial charge in [-0.15, -0.1) is 0 Å². The minimum Gasteiger partial charge on any atom is -0.494 e. The second-order valence-electron chi connectivity index (χ2n) is 3.84. The van der Waals surface area contributed by atoms with E-state index < -0.39 is 0 Å². The number of aryl methyl sites for hydroxylation is 1. The third kappa shape index (κ3) is 1.98. The van der Waals surface area contributed by atoms with E-state index in [9.17, 15) is 4.79 Å². The van der Waals surface area contributed by atoms with Gasteiger partial charge in [-0.3, -0.25) is 4.79 Å². The average molecular weight is 232 g/mol. The van der Waals surface area contributed by atoms with Gasteiger partial charge in [0.15, 0.2) is 0 Å². The van der Waals surface area contributed by atoms with E-state index in [1.54, 1.807) is 7.05 Å². The maximum Gasteiger partial charge on any atom is 0.253 e. The Morgan fingerprint density at radius 1 is 1.47 bits per heavy atom. The molecule has 0 aliphatic rings. The number of carbonyl (C=O) groups excluding carboxylic acids is 1. The molecule has 1 amide bonds. The number of amides is 1. The van der Waals surface area contributed by atoms with E-state index in [-0.39, 0.29) is 5.91 Å². The number of aromatic nitrogens is 1. The van der Waals surface area contributed by atoms with Gasteiger partial charge in [0.2, 0.25) is 0 Å². The Balaban J connectivity index is 2.60. The molecule has 0 aliphatic carbocycles. The molecular weight excluding hydrogens is 216 g/mol. The maximum atomic E-state index is 11.8. The first-order valence-electron chi connectivity index (χ1n) is 5.64. The van der Waals surface area contributed by atoms with Crippen molar-refractivity contribution in [1.82, 2.24) is 10.3 Å². The second kappa shape index (κ2) is 4.49. The largest absolute Gasteiger partial charge is 0.494 e. The number of H-pyrrole nitrogens is 1. The van der Waals surface area contributed by atoms with Crippen LogP contribution < -0.4 is 10.1 Å². The zero-order valence-electron chi connectivity index (χ0n) is 10.3. The molecule has 2 rings (SSSR count). The fourth-order valence-corrected chi connectivity index (χ4v) is 1.98. The lowest BCUT2D eigenvalue weighted by Gasteiger charge is -2.03. The molecule has 4 nitrogen and oxygen atoms in total. The topological polar surface area (TPSA) is 54.1 Å². The van der Waals surface area contributed by atoms with Crippen LogP contribution in [-0.2, 0) is 0 Å². The highest BCUT2D eigenvalue weighted by Gasteiger charge is 2.15. The lowest BCUT2D eigenvalue weighted by molar-refractivity contribution is 0.0964. The Kier molecular flexibility index (Phi) is 3.04. The molecule has 90 valence electrons. The van der Waals surface area contributed by atoms with Gasteiger partial charge in [-0.25, -0.2) is 0 Å². The highest BCUT2D eigenvalue weighted by atomic mass is 16.5. The fourth-order valence-electron chi connectivity index (χ4n) is 1.98. The van der Waals surface area contributed by atoms with E-state index >= 15 is 0 Å². The molecule has 1 aromatic carbocycles. The van der Waals surface area contributed by atoms with Crippen molar-refractivity contribution in [1.29, 1.82) is 0 Å². The number of fused-ring (bicyclic) bond motifs is 1. The highest BCUT2D eigenvalue weighted by Crippen LogP contribution is 2.26. The molecule has 4 heteroatoms. The van der Waals surface area contributed by atoms with Crippen LogP contribution in [0.15, 0.2) is 18.2 Å². The van der Waals surface area contributed by atoms with E-state index in [1.807, 2.05) is 32.0 Å². The van der Waals surface area contributed by atoms with Crippen LogP contribution in [0, 0.1) is 6.92 Å². The maximum absolute atomic E-state index is 11.8. The van der Waals surface area contributed by atoms with Crippen LogP contribution in [0.5, 0.6) is 5.75 Å². The molecule has 1 aromatic heterocycles. The standard InChI is InChI=1S/C13H16N2O2/c1-4-17-9-5-6-11-10(7-9)12(8(2)15-11)13(16)14-3/h5-7,15H,4H2,1-3H3,(H,14,16). The third-order valence-electron chi connectivity index (χ3n) is 2.72. The summed E-state index contributed by atoms with van der Waals surface area (Å²) in [6.45, 7) is 4.45. The van der Waals surface area contributed by atoms with Gasteiger partial charge >= 0.3 is 0 Å². The summed E-state index contributed by atoms with van der Waals surface area (Å²) in [5, 5.41) is 3.55. The molecule has 2 N–H and O–H groups in total. The Bertz CT molecular complexity index is 558. The van der Waals surface area contributed by atoms with Gasteiger partial charge in [-0.05, 0) is 32.0 Å². The van der Waals surface area contributed by atoms with Gasteiger partial charge in [-0.2, -0.15) is 0 Å². The minimum absolute atomic E-state index is 0.0811. The number of nitrogens with one attached hydrogen (secondary N) is 2. The van der Waals surface area contributed by atoms with Crippen molar-refractivity contribution in [3.8, 4) is 5.75 Å². The van der Waals surface area contributed by atoms with Crippen LogP contribution in [0.3, 0.4) is 0 Å². The van der Waals surface area contributed by atoms with E-state index in [1.165, 1.54) is 0 Å². The molecule has 0 aliphatic heterocycles. The molecule has 0 fully saturated rings. The van der Waals surface area contributed by atoms with Crippen molar-refractivity contribution < 1.29 is 9.53 Å². The summed E-state index contributed by atoms with van der Waals surface area (Å²) in [4.78, 5) is 15.0. The van der Waals surface area contributed by atoms with Gasteiger partial charge in [0.1, 0.15) is 5.75 Å². The molecule has 1 heterocycles. The Morgan fingerprint density at radius 2 is 2.24 bits per heavy atom. The van der Waals surface area contributed by atoms with Crippen molar-refractivity contribution in [2.45, 2.75) is 13.8 Å². The summed E-state index contributed by atoms with van der Waals surface area (Å²) in [5.74, 6) is 0.701. The van der Waals surface area contributed by atoms with Crippen molar-refractivity contribution in [2.24, 2.45) is 0 Å². The number of rotatable bonds is 3. The Labute approximate surface area is 100.0 Å². The summed E-state index contributed by atoms with van der Waals surface area (Å²) in [7, 11) is 1.63. The Morgan fingerprint density at radius 3 is 2.88 bits per heavy atom. The molecule has 0 bridgehead atoms. The molecule has 0 atom stereocenters. The van der Waals surface area contributed by atoms with E-state index in [4.69, 9.17) is 4.74 Å². The van der Waals surface area contributed by atoms with Gasteiger partial charge in [0.25, 0.3) is 5.91 Å². The molecular formula is C13H16N2O2. The molecule has 0 radical (unpaired) electrons. The molecule has 0 saturated carbocycles. The number of hydrogen-bond acceptors (Lipinski definition) is 2. The minimum atomic E-state index is -0.0811. The molecule has 0 spiro atoms. The van der Waals surface area contributed by atoms with Gasteiger partial charge < -0.3 is 15.0 Å². The number of hydrogen-bond donors (Lipinski definition) is 2. The van der Waals surface area contributed by atoms with Gasteiger partial charge in [-0.1, -0.05) is 0 Å². The van der Waals surface area contributed by atoms with Crippen molar-refractivity contribution in [3.05, 3.63) is 29.5 Å². The second-order valence-corrected chi connectivity index (χ2v) is 3.84. The van der Waals surface area contributed by atoms with Crippen LogP contribution in [0.25, 0.3) is 10.9 Å². The SMILES string of the molecule is CCOc1ccc2[nH]c(C)c(C(=O)NC)c2c1. The number of ether oxygens (including phenoxy) is 1. The first kappa shape index (κ1) is 11.5. The Hall–Kier alpha value is -1.97. The first-order valence-corrected chi connectivity index (χ1v) is 5.64.